The van der Waals surface area contributed by atoms with Crippen molar-refractivity contribution in [3.8, 4) is 5.75 Å². The fourth-order valence-electron chi connectivity index (χ4n) is 7.39. The number of rotatable bonds is 16. The third-order valence-electron chi connectivity index (χ3n) is 10.1. The molecule has 2 aliphatic carbocycles. The van der Waals surface area contributed by atoms with Gasteiger partial charge in [0.25, 0.3) is 0 Å². The molecule has 1 nitrogen and oxygen atoms in total. The van der Waals surface area contributed by atoms with Gasteiger partial charge in [-0.3, -0.25) is 0 Å². The van der Waals surface area contributed by atoms with Gasteiger partial charge in [-0.1, -0.05) is 88.4 Å². The summed E-state index contributed by atoms with van der Waals surface area (Å²) >= 11 is 0. The largest absolute Gasteiger partial charge is 0.490 e. The molecule has 0 heterocycles. The van der Waals surface area contributed by atoms with E-state index in [1.807, 2.05) is 0 Å². The van der Waals surface area contributed by atoms with Gasteiger partial charge in [0, 0.05) is 0 Å². The molecule has 0 unspecified atom stereocenters. The average molecular weight is 579 g/mol. The van der Waals surface area contributed by atoms with E-state index < -0.39 is 11.6 Å². The zero-order valence-corrected chi connectivity index (χ0v) is 26.5. The zero-order chi connectivity index (χ0) is 29.6. The minimum absolute atomic E-state index is 0.0686. The summed E-state index contributed by atoms with van der Waals surface area (Å²) in [6.07, 6.45) is 26.0. The Morgan fingerprint density at radius 2 is 1.29 bits per heavy atom. The summed E-state index contributed by atoms with van der Waals surface area (Å²) in [4.78, 5) is 0. The lowest BCUT2D eigenvalue weighted by Gasteiger charge is -2.37. The Morgan fingerprint density at radius 1 is 0.667 bits per heavy atom. The summed E-state index contributed by atoms with van der Waals surface area (Å²) in [5, 5.41) is 0. The maximum atomic E-state index is 15.0. The Kier molecular flexibility index (Phi) is 13.9. The van der Waals surface area contributed by atoms with Gasteiger partial charge in [-0.2, -0.15) is 4.39 Å². The van der Waals surface area contributed by atoms with Crippen molar-refractivity contribution in [2.24, 2.45) is 17.8 Å². The highest BCUT2D eigenvalue weighted by atomic mass is 19.2. The molecular weight excluding hydrogens is 522 g/mol. The third-order valence-corrected chi connectivity index (χ3v) is 10.1. The number of hydrogen-bond acceptors (Lipinski definition) is 1. The van der Waals surface area contributed by atoms with Crippen LogP contribution in [0.2, 0.25) is 0 Å². The molecule has 4 rings (SSSR count). The maximum absolute atomic E-state index is 15.0. The fraction of sp³-hybridized carbons (Fsp3) is 0.641. The second kappa shape index (κ2) is 17.8. The van der Waals surface area contributed by atoms with Gasteiger partial charge in [0.05, 0.1) is 6.61 Å². The van der Waals surface area contributed by atoms with Gasteiger partial charge in [0.2, 0.25) is 5.82 Å². The standard InChI is InChI=1S/C39H56F2O/c1-3-5-7-11-29-42-37-28-27-36(38(40)39(37)41)35-25-23-34(24-26-35)33-21-19-32(20-22-33)14-10-9-13-31-17-15-30(16-18-31)12-8-6-4-2/h10,14-18,27-28,32-35H,3-9,11-13,19-26,29H2,1-2H3. The SMILES string of the molecule is CCCCCCOc1ccc(C2CCC(C3CCC(C=CCCc4ccc(CCCCC)cc4)CC3)CC2)c(F)c1F. The van der Waals surface area contributed by atoms with Crippen LogP contribution in [0.4, 0.5) is 8.78 Å². The van der Waals surface area contributed by atoms with Gasteiger partial charge in [-0.05, 0) is 130 Å². The first-order valence-electron chi connectivity index (χ1n) is 17.4. The average Bonchev–Trinajstić information content (AvgIpc) is 3.02. The second-order valence-corrected chi connectivity index (χ2v) is 13.2. The number of halogens is 2. The molecule has 0 spiro atoms. The first kappa shape index (κ1) is 32.7. The molecule has 2 aromatic carbocycles. The molecule has 0 atom stereocenters. The zero-order valence-electron chi connectivity index (χ0n) is 26.5. The molecule has 0 aliphatic heterocycles. The first-order valence-corrected chi connectivity index (χ1v) is 17.4. The predicted octanol–water partition coefficient (Wildman–Crippen LogP) is 11.9. The molecule has 0 saturated heterocycles. The minimum atomic E-state index is -0.799. The molecule has 2 fully saturated rings. The van der Waals surface area contributed by atoms with Crippen LogP contribution in [0.25, 0.3) is 0 Å². The van der Waals surface area contributed by atoms with Crippen LogP contribution in [-0.2, 0) is 12.8 Å². The Morgan fingerprint density at radius 3 is 1.95 bits per heavy atom. The molecule has 3 heteroatoms. The summed E-state index contributed by atoms with van der Waals surface area (Å²) in [5.41, 5.74) is 3.48. The molecule has 0 radical (unpaired) electrons. The van der Waals surface area contributed by atoms with Gasteiger partial charge in [-0.15, -0.1) is 0 Å². The van der Waals surface area contributed by atoms with Gasteiger partial charge in [0.1, 0.15) is 0 Å². The Bertz CT molecular complexity index is 1060. The van der Waals surface area contributed by atoms with Gasteiger partial charge < -0.3 is 4.74 Å². The van der Waals surface area contributed by atoms with Gasteiger partial charge in [0.15, 0.2) is 11.6 Å². The number of ether oxygens (including phenoxy) is 1. The minimum Gasteiger partial charge on any atom is -0.490 e. The van der Waals surface area contributed by atoms with Crippen molar-refractivity contribution in [3.63, 3.8) is 0 Å². The maximum Gasteiger partial charge on any atom is 0.200 e. The molecule has 42 heavy (non-hydrogen) atoms. The van der Waals surface area contributed by atoms with E-state index in [2.05, 4.69) is 50.3 Å². The van der Waals surface area contributed by atoms with Crippen LogP contribution in [0.5, 0.6) is 5.75 Å². The molecule has 0 N–H and O–H groups in total. The lowest BCUT2D eigenvalue weighted by Crippen LogP contribution is -2.25. The van der Waals surface area contributed by atoms with Crippen molar-refractivity contribution >= 4 is 0 Å². The lowest BCUT2D eigenvalue weighted by molar-refractivity contribution is 0.170. The Balaban J connectivity index is 1.14. The van der Waals surface area contributed by atoms with E-state index in [0.29, 0.717) is 12.2 Å². The van der Waals surface area contributed by atoms with Crippen LogP contribution in [0, 0.1) is 29.4 Å². The van der Waals surface area contributed by atoms with Gasteiger partial charge >= 0.3 is 0 Å². The van der Waals surface area contributed by atoms with Crippen LogP contribution < -0.4 is 4.74 Å². The molecule has 2 aromatic rings. The molecule has 0 amide bonds. The van der Waals surface area contributed by atoms with E-state index in [4.69, 9.17) is 4.74 Å². The van der Waals surface area contributed by atoms with Crippen LogP contribution in [0.3, 0.4) is 0 Å². The summed E-state index contributed by atoms with van der Waals surface area (Å²) in [6, 6.07) is 12.7. The summed E-state index contributed by atoms with van der Waals surface area (Å²) in [5.74, 6) is 0.989. The smallest absolute Gasteiger partial charge is 0.200 e. The van der Waals surface area contributed by atoms with Crippen LogP contribution >= 0.6 is 0 Å². The van der Waals surface area contributed by atoms with Crippen molar-refractivity contribution in [3.05, 3.63) is 76.9 Å². The van der Waals surface area contributed by atoms with Crippen molar-refractivity contribution in [1.82, 2.24) is 0 Å². The second-order valence-electron chi connectivity index (χ2n) is 13.2. The van der Waals surface area contributed by atoms with Crippen molar-refractivity contribution < 1.29 is 13.5 Å². The molecule has 0 aromatic heterocycles. The van der Waals surface area contributed by atoms with Crippen LogP contribution in [0.15, 0.2) is 48.6 Å². The first-order chi connectivity index (χ1) is 20.6. The van der Waals surface area contributed by atoms with E-state index >= 15 is 4.39 Å². The van der Waals surface area contributed by atoms with E-state index in [1.165, 1.54) is 62.5 Å². The number of unbranched alkanes of at least 4 members (excludes halogenated alkanes) is 5. The molecular formula is C39H56F2O. The molecule has 2 saturated carbocycles. The van der Waals surface area contributed by atoms with Crippen molar-refractivity contribution in [2.75, 3.05) is 6.61 Å². The molecule has 2 aliphatic rings. The summed E-state index contributed by atoms with van der Waals surface area (Å²) in [6.45, 7) is 4.87. The summed E-state index contributed by atoms with van der Waals surface area (Å²) in [7, 11) is 0. The molecule has 232 valence electrons. The Hall–Kier alpha value is -2.16. The number of allylic oxidation sites excluding steroid dienone is 2. The van der Waals surface area contributed by atoms with Gasteiger partial charge in [-0.25, -0.2) is 4.39 Å². The third kappa shape index (κ3) is 9.95. The number of benzene rings is 2. The Labute approximate surface area is 255 Å². The van der Waals surface area contributed by atoms with Crippen LogP contribution in [0.1, 0.15) is 139 Å². The number of hydrogen-bond donors (Lipinski definition) is 0. The topological polar surface area (TPSA) is 9.23 Å². The van der Waals surface area contributed by atoms with E-state index in [9.17, 15) is 4.39 Å². The van der Waals surface area contributed by atoms with Crippen molar-refractivity contribution in [1.29, 1.82) is 0 Å². The number of aryl methyl sites for hydroxylation is 2. The highest BCUT2D eigenvalue weighted by molar-refractivity contribution is 5.33. The fourth-order valence-corrected chi connectivity index (χ4v) is 7.39. The van der Waals surface area contributed by atoms with E-state index in [-0.39, 0.29) is 11.7 Å². The lowest BCUT2D eigenvalue weighted by atomic mass is 9.68. The van der Waals surface area contributed by atoms with E-state index in [1.54, 1.807) is 12.1 Å². The normalized spacial score (nSPS) is 23.0. The predicted molar refractivity (Wildman–Crippen MR) is 173 cm³/mol. The highest BCUT2D eigenvalue weighted by Crippen LogP contribution is 2.45. The van der Waals surface area contributed by atoms with Crippen molar-refractivity contribution in [2.45, 2.75) is 135 Å². The monoisotopic (exact) mass is 578 g/mol. The highest BCUT2D eigenvalue weighted by Gasteiger charge is 2.32. The molecule has 0 bridgehead atoms. The summed E-state index contributed by atoms with van der Waals surface area (Å²) < 4.78 is 35.3. The van der Waals surface area contributed by atoms with Crippen LogP contribution in [-0.4, -0.2) is 6.61 Å². The van der Waals surface area contributed by atoms with E-state index in [0.717, 1.165) is 82.0 Å². The quantitative estimate of drug-likeness (QED) is 0.142.